The molecule has 3 heterocycles. The van der Waals surface area contributed by atoms with Crippen LogP contribution in [0.4, 0.5) is 5.69 Å². The summed E-state index contributed by atoms with van der Waals surface area (Å²) in [6.45, 7) is 4.59. The molecule has 1 saturated carbocycles. The summed E-state index contributed by atoms with van der Waals surface area (Å²) in [4.78, 5) is 8.91. The molecule has 0 amide bonds. The van der Waals surface area contributed by atoms with E-state index in [1.165, 1.54) is 12.8 Å². The van der Waals surface area contributed by atoms with Crippen LogP contribution in [-0.2, 0) is 6.54 Å². The minimum atomic E-state index is 0.522. The van der Waals surface area contributed by atoms with E-state index in [-0.39, 0.29) is 0 Å². The van der Waals surface area contributed by atoms with Crippen LogP contribution in [0.3, 0.4) is 0 Å². The Bertz CT molecular complexity index is 662. The van der Waals surface area contributed by atoms with Crippen molar-refractivity contribution >= 4 is 5.69 Å². The SMILES string of the molecule is COc1cncc(N2CCN(Cc3nnc(C4CC4)o3)CC2)c1. The maximum Gasteiger partial charge on any atom is 0.230 e. The molecule has 0 spiro atoms. The predicted octanol–water partition coefficient (Wildman–Crippen LogP) is 1.67. The van der Waals surface area contributed by atoms with Gasteiger partial charge in [-0.1, -0.05) is 0 Å². The van der Waals surface area contributed by atoms with Crippen molar-refractivity contribution in [2.24, 2.45) is 0 Å². The summed E-state index contributed by atoms with van der Waals surface area (Å²) in [5.74, 6) is 2.88. The van der Waals surface area contributed by atoms with E-state index in [1.807, 2.05) is 12.3 Å². The van der Waals surface area contributed by atoms with E-state index in [0.29, 0.717) is 5.92 Å². The van der Waals surface area contributed by atoms with Crippen LogP contribution in [0, 0.1) is 0 Å². The molecule has 7 nitrogen and oxygen atoms in total. The lowest BCUT2D eigenvalue weighted by Gasteiger charge is -2.35. The lowest BCUT2D eigenvalue weighted by atomic mass is 10.2. The summed E-state index contributed by atoms with van der Waals surface area (Å²) in [6, 6.07) is 2.03. The Balaban J connectivity index is 1.32. The molecule has 1 saturated heterocycles. The standard InChI is InChI=1S/C16H21N5O2/c1-22-14-8-13(9-17-10-14)21-6-4-20(5-7-21)11-15-18-19-16(23-15)12-2-3-12/h8-10,12H,2-7,11H2,1H3. The van der Waals surface area contributed by atoms with Crippen molar-refractivity contribution in [3.05, 3.63) is 30.2 Å². The normalized spacial score (nSPS) is 19.1. The Morgan fingerprint density at radius 1 is 1.17 bits per heavy atom. The summed E-state index contributed by atoms with van der Waals surface area (Å²) in [5.41, 5.74) is 1.11. The van der Waals surface area contributed by atoms with Gasteiger partial charge in [-0.05, 0) is 12.8 Å². The molecule has 2 aromatic rings. The number of hydrogen-bond acceptors (Lipinski definition) is 7. The maximum absolute atomic E-state index is 5.75. The van der Waals surface area contributed by atoms with Crippen LogP contribution < -0.4 is 9.64 Å². The van der Waals surface area contributed by atoms with Gasteiger partial charge in [0.25, 0.3) is 0 Å². The van der Waals surface area contributed by atoms with E-state index in [1.54, 1.807) is 13.3 Å². The van der Waals surface area contributed by atoms with Gasteiger partial charge in [-0.2, -0.15) is 0 Å². The van der Waals surface area contributed by atoms with Gasteiger partial charge in [0.05, 0.1) is 31.7 Å². The summed E-state index contributed by atoms with van der Waals surface area (Å²) in [7, 11) is 1.67. The van der Waals surface area contributed by atoms with Gasteiger partial charge >= 0.3 is 0 Å². The first-order chi connectivity index (χ1) is 11.3. The Kier molecular flexibility index (Phi) is 3.87. The molecule has 23 heavy (non-hydrogen) atoms. The molecule has 4 rings (SSSR count). The first kappa shape index (κ1) is 14.4. The third kappa shape index (κ3) is 3.29. The van der Waals surface area contributed by atoms with Gasteiger partial charge in [-0.25, -0.2) is 0 Å². The molecule has 0 N–H and O–H groups in total. The number of hydrogen-bond donors (Lipinski definition) is 0. The molecule has 1 aliphatic heterocycles. The van der Waals surface area contributed by atoms with Crippen LogP contribution >= 0.6 is 0 Å². The van der Waals surface area contributed by atoms with E-state index in [2.05, 4.69) is 25.0 Å². The van der Waals surface area contributed by atoms with Crippen LogP contribution in [0.2, 0.25) is 0 Å². The molecule has 7 heteroatoms. The average Bonchev–Trinajstić information content (AvgIpc) is 3.35. The van der Waals surface area contributed by atoms with Crippen LogP contribution in [0.25, 0.3) is 0 Å². The van der Waals surface area contributed by atoms with Crippen LogP contribution in [0.1, 0.15) is 30.5 Å². The molecule has 2 aromatic heterocycles. The quantitative estimate of drug-likeness (QED) is 0.831. The largest absolute Gasteiger partial charge is 0.495 e. The fourth-order valence-electron chi connectivity index (χ4n) is 2.87. The Hall–Kier alpha value is -2.15. The second-order valence-electron chi connectivity index (χ2n) is 6.15. The monoisotopic (exact) mass is 315 g/mol. The molecule has 122 valence electrons. The highest BCUT2D eigenvalue weighted by Crippen LogP contribution is 2.39. The first-order valence-corrected chi connectivity index (χ1v) is 8.10. The van der Waals surface area contributed by atoms with Crippen molar-refractivity contribution in [1.29, 1.82) is 0 Å². The third-order valence-corrected chi connectivity index (χ3v) is 4.44. The van der Waals surface area contributed by atoms with E-state index in [9.17, 15) is 0 Å². The molecular weight excluding hydrogens is 294 g/mol. The van der Waals surface area contributed by atoms with E-state index in [4.69, 9.17) is 9.15 Å². The van der Waals surface area contributed by atoms with Crippen molar-refractivity contribution < 1.29 is 9.15 Å². The van der Waals surface area contributed by atoms with Crippen LogP contribution in [-0.4, -0.2) is 53.4 Å². The minimum absolute atomic E-state index is 0.522. The zero-order valence-corrected chi connectivity index (χ0v) is 13.3. The van der Waals surface area contributed by atoms with Crippen LogP contribution in [0.5, 0.6) is 5.75 Å². The van der Waals surface area contributed by atoms with Gasteiger partial charge in [0, 0.05) is 38.2 Å². The summed E-state index contributed by atoms with van der Waals surface area (Å²) >= 11 is 0. The van der Waals surface area contributed by atoms with Crippen LogP contribution in [0.15, 0.2) is 22.9 Å². The summed E-state index contributed by atoms with van der Waals surface area (Å²) < 4.78 is 11.0. The number of piperazine rings is 1. The smallest absolute Gasteiger partial charge is 0.230 e. The first-order valence-electron chi connectivity index (χ1n) is 8.10. The second-order valence-corrected chi connectivity index (χ2v) is 6.15. The Morgan fingerprint density at radius 3 is 2.74 bits per heavy atom. The Labute approximate surface area is 135 Å². The number of pyridine rings is 1. The number of aromatic nitrogens is 3. The number of rotatable bonds is 5. The van der Waals surface area contributed by atoms with E-state index in [0.717, 1.165) is 55.9 Å². The lowest BCUT2D eigenvalue weighted by Crippen LogP contribution is -2.46. The van der Waals surface area contributed by atoms with Gasteiger partial charge in [0.15, 0.2) is 0 Å². The van der Waals surface area contributed by atoms with Crippen molar-refractivity contribution in [1.82, 2.24) is 20.1 Å². The topological polar surface area (TPSA) is 67.5 Å². The van der Waals surface area contributed by atoms with Gasteiger partial charge in [-0.15, -0.1) is 10.2 Å². The molecular formula is C16H21N5O2. The van der Waals surface area contributed by atoms with E-state index < -0.39 is 0 Å². The zero-order valence-electron chi connectivity index (χ0n) is 13.3. The summed E-state index contributed by atoms with van der Waals surface area (Å²) in [6.07, 6.45) is 5.99. The van der Waals surface area contributed by atoms with E-state index >= 15 is 0 Å². The highest BCUT2D eigenvalue weighted by Gasteiger charge is 2.29. The Morgan fingerprint density at radius 2 is 2.00 bits per heavy atom. The highest BCUT2D eigenvalue weighted by molar-refractivity contribution is 5.48. The lowest BCUT2D eigenvalue weighted by molar-refractivity contribution is 0.224. The number of nitrogens with zero attached hydrogens (tertiary/aromatic N) is 5. The molecule has 0 aromatic carbocycles. The van der Waals surface area contributed by atoms with Gasteiger partial charge in [0.2, 0.25) is 11.8 Å². The van der Waals surface area contributed by atoms with Crippen molar-refractivity contribution in [3.63, 3.8) is 0 Å². The molecule has 0 unspecified atom stereocenters. The fourth-order valence-corrected chi connectivity index (χ4v) is 2.87. The maximum atomic E-state index is 5.75. The number of anilines is 1. The molecule has 0 bridgehead atoms. The minimum Gasteiger partial charge on any atom is -0.495 e. The van der Waals surface area contributed by atoms with Crippen molar-refractivity contribution in [3.8, 4) is 5.75 Å². The second kappa shape index (κ2) is 6.16. The van der Waals surface area contributed by atoms with Crippen molar-refractivity contribution in [2.45, 2.75) is 25.3 Å². The van der Waals surface area contributed by atoms with Gasteiger partial charge in [0.1, 0.15) is 5.75 Å². The summed E-state index contributed by atoms with van der Waals surface area (Å²) in [5, 5.41) is 8.32. The molecule has 2 aliphatic rings. The van der Waals surface area contributed by atoms with Crippen molar-refractivity contribution in [2.75, 3.05) is 38.2 Å². The number of methoxy groups -OCH3 is 1. The molecule has 2 fully saturated rings. The highest BCUT2D eigenvalue weighted by atomic mass is 16.5. The molecule has 0 atom stereocenters. The zero-order chi connectivity index (χ0) is 15.6. The fraction of sp³-hybridized carbons (Fsp3) is 0.562. The predicted molar refractivity (Wildman–Crippen MR) is 84.6 cm³/mol. The number of ether oxygens (including phenoxy) is 1. The molecule has 1 aliphatic carbocycles. The molecule has 0 radical (unpaired) electrons. The van der Waals surface area contributed by atoms with Gasteiger partial charge < -0.3 is 14.1 Å². The third-order valence-electron chi connectivity index (χ3n) is 4.44. The van der Waals surface area contributed by atoms with Gasteiger partial charge in [-0.3, -0.25) is 9.88 Å². The average molecular weight is 315 g/mol.